The predicted molar refractivity (Wildman–Crippen MR) is 78.5 cm³/mol. The number of anilines is 1. The van der Waals surface area contributed by atoms with Crippen molar-refractivity contribution in [3.63, 3.8) is 0 Å². The number of pyridine rings is 1. The minimum Gasteiger partial charge on any atom is -0.489 e. The van der Waals surface area contributed by atoms with Gasteiger partial charge in [0.25, 0.3) is 0 Å². The van der Waals surface area contributed by atoms with Gasteiger partial charge in [0, 0.05) is 20.5 Å². The van der Waals surface area contributed by atoms with E-state index in [0.29, 0.717) is 24.4 Å². The van der Waals surface area contributed by atoms with Gasteiger partial charge in [0.2, 0.25) is 0 Å². The van der Waals surface area contributed by atoms with E-state index in [1.807, 2.05) is 11.0 Å². The first-order valence-electron chi connectivity index (χ1n) is 7.39. The lowest BCUT2D eigenvalue weighted by Gasteiger charge is -2.34. The average molecular weight is 287 g/mol. The second-order valence-electron chi connectivity index (χ2n) is 5.82. The molecule has 21 heavy (non-hydrogen) atoms. The number of hydrogen-bond donors (Lipinski definition) is 1. The minimum absolute atomic E-state index is 0.102. The third-order valence-corrected chi connectivity index (χ3v) is 3.32. The molecule has 2 aromatic heterocycles. The zero-order valence-corrected chi connectivity index (χ0v) is 12.1. The molecule has 0 spiro atoms. The number of nitriles is 1. The van der Waals surface area contributed by atoms with Gasteiger partial charge < -0.3 is 14.7 Å². The third-order valence-electron chi connectivity index (χ3n) is 3.32. The highest BCUT2D eigenvalue weighted by Crippen LogP contribution is 2.32. The number of aromatic nitrogens is 2. The highest BCUT2D eigenvalue weighted by Gasteiger charge is 2.22. The van der Waals surface area contributed by atoms with Crippen molar-refractivity contribution in [3.05, 3.63) is 24.0 Å². The van der Waals surface area contributed by atoms with Crippen molar-refractivity contribution < 1.29 is 11.2 Å². The van der Waals surface area contributed by atoms with Gasteiger partial charge >= 0.3 is 0 Å². The number of rotatable bonds is 4. The zero-order chi connectivity index (χ0) is 15.9. The maximum Gasteiger partial charge on any atom is 0.139 e. The van der Waals surface area contributed by atoms with Crippen LogP contribution in [0.3, 0.4) is 0 Å². The van der Waals surface area contributed by atoms with Gasteiger partial charge in [0.15, 0.2) is 0 Å². The molecule has 0 unspecified atom stereocenters. The fourth-order valence-corrected chi connectivity index (χ4v) is 2.19. The standard InChI is InChI=1S/C15H18N4O2/c1-15(2,20)10-21-12-6-13(18-4-3-5-18)14-11(7-16)8-17-19(14)9-12/h6,8-9,20H,3-5,10H2,1-2H3/i3D. The lowest BCUT2D eigenvalue weighted by atomic mass is 10.1. The van der Waals surface area contributed by atoms with Crippen molar-refractivity contribution in [2.75, 3.05) is 24.6 Å². The van der Waals surface area contributed by atoms with Crippen molar-refractivity contribution in [2.24, 2.45) is 0 Å². The van der Waals surface area contributed by atoms with Crippen molar-refractivity contribution in [2.45, 2.75) is 25.8 Å². The van der Waals surface area contributed by atoms with Gasteiger partial charge in [0.1, 0.15) is 23.9 Å². The van der Waals surface area contributed by atoms with E-state index in [1.54, 1.807) is 24.6 Å². The van der Waals surface area contributed by atoms with E-state index in [4.69, 9.17) is 6.11 Å². The van der Waals surface area contributed by atoms with E-state index in [2.05, 4.69) is 11.2 Å². The van der Waals surface area contributed by atoms with Crippen LogP contribution in [0.15, 0.2) is 18.5 Å². The largest absolute Gasteiger partial charge is 0.489 e. The predicted octanol–water partition coefficient (Wildman–Crippen LogP) is 1.57. The Hall–Kier alpha value is -2.26. The summed E-state index contributed by atoms with van der Waals surface area (Å²) in [4.78, 5) is 2.03. The molecule has 1 saturated heterocycles. The van der Waals surface area contributed by atoms with Gasteiger partial charge in [-0.1, -0.05) is 0 Å². The molecule has 1 fully saturated rings. The minimum atomic E-state index is -0.930. The molecule has 3 rings (SSSR count). The Kier molecular flexibility index (Phi) is 2.93. The molecule has 0 atom stereocenters. The summed E-state index contributed by atoms with van der Waals surface area (Å²) in [6, 6.07) is 3.99. The van der Waals surface area contributed by atoms with Crippen LogP contribution < -0.4 is 9.64 Å². The summed E-state index contributed by atoms with van der Waals surface area (Å²) in [6.45, 7) is 4.76. The summed E-state index contributed by atoms with van der Waals surface area (Å²) in [5.41, 5.74) is 1.13. The Bertz CT molecular complexity index is 738. The topological polar surface area (TPSA) is 73.8 Å². The van der Waals surface area contributed by atoms with E-state index in [9.17, 15) is 10.4 Å². The molecule has 0 aliphatic carbocycles. The van der Waals surface area contributed by atoms with Crippen LogP contribution in [0.2, 0.25) is 0 Å². The molecule has 0 saturated carbocycles. The first kappa shape index (κ1) is 12.5. The van der Waals surface area contributed by atoms with Crippen molar-refractivity contribution >= 4 is 11.2 Å². The molecule has 3 heterocycles. The molecular weight excluding hydrogens is 268 g/mol. The quantitative estimate of drug-likeness (QED) is 0.924. The van der Waals surface area contributed by atoms with E-state index in [1.165, 1.54) is 6.20 Å². The van der Waals surface area contributed by atoms with E-state index >= 15 is 0 Å². The van der Waals surface area contributed by atoms with Gasteiger partial charge in [-0.15, -0.1) is 0 Å². The Morgan fingerprint density at radius 3 is 2.95 bits per heavy atom. The highest BCUT2D eigenvalue weighted by molar-refractivity contribution is 5.80. The van der Waals surface area contributed by atoms with Crippen LogP contribution in [0.4, 0.5) is 5.69 Å². The van der Waals surface area contributed by atoms with Gasteiger partial charge in [-0.2, -0.15) is 10.4 Å². The molecule has 0 bridgehead atoms. The molecule has 110 valence electrons. The number of hydrogen-bond acceptors (Lipinski definition) is 5. The van der Waals surface area contributed by atoms with Gasteiger partial charge in [-0.05, 0) is 20.2 Å². The first-order chi connectivity index (χ1) is 10.4. The normalized spacial score (nSPS) is 16.5. The molecule has 1 aliphatic rings. The maximum atomic E-state index is 9.78. The van der Waals surface area contributed by atoms with Crippen LogP contribution >= 0.6 is 0 Å². The van der Waals surface area contributed by atoms with E-state index in [0.717, 1.165) is 11.2 Å². The first-order valence-corrected chi connectivity index (χ1v) is 6.81. The maximum absolute atomic E-state index is 9.78. The Labute approximate surface area is 124 Å². The number of ether oxygens (including phenoxy) is 1. The van der Waals surface area contributed by atoms with E-state index < -0.39 is 5.60 Å². The Balaban J connectivity index is 2.00. The molecule has 0 aromatic carbocycles. The van der Waals surface area contributed by atoms with Crippen LogP contribution in [-0.4, -0.2) is 40.0 Å². The summed E-state index contributed by atoms with van der Waals surface area (Å²) in [5.74, 6) is 0.575. The van der Waals surface area contributed by atoms with Crippen molar-refractivity contribution in [3.8, 4) is 11.8 Å². The fraction of sp³-hybridized carbons (Fsp3) is 0.467. The van der Waals surface area contributed by atoms with Crippen LogP contribution in [0.1, 0.15) is 27.2 Å². The number of nitrogens with zero attached hydrogens (tertiary/aromatic N) is 4. The molecule has 0 radical (unpaired) electrons. The molecule has 0 amide bonds. The zero-order valence-electron chi connectivity index (χ0n) is 13.1. The highest BCUT2D eigenvalue weighted by atomic mass is 16.5. The molecule has 6 heteroatoms. The SMILES string of the molecule is [2H]C1CN(c2cc(OCC(C)(C)O)cn3ncc(C#N)c23)C1. The lowest BCUT2D eigenvalue weighted by molar-refractivity contribution is 0.0283. The molecule has 2 aromatic rings. The summed E-state index contributed by atoms with van der Waals surface area (Å²) >= 11 is 0. The van der Waals surface area contributed by atoms with Crippen LogP contribution in [0, 0.1) is 11.3 Å². The Morgan fingerprint density at radius 1 is 1.57 bits per heavy atom. The van der Waals surface area contributed by atoms with Crippen LogP contribution in [-0.2, 0) is 0 Å². The fourth-order valence-electron chi connectivity index (χ4n) is 2.19. The summed E-state index contributed by atoms with van der Waals surface area (Å²) < 4.78 is 14.9. The Morgan fingerprint density at radius 2 is 2.33 bits per heavy atom. The number of aliphatic hydroxyl groups is 1. The number of fused-ring (bicyclic) bond motifs is 1. The molecule has 1 N–H and O–H groups in total. The second kappa shape index (κ2) is 4.93. The van der Waals surface area contributed by atoms with Gasteiger partial charge in [-0.3, -0.25) is 0 Å². The van der Waals surface area contributed by atoms with Gasteiger partial charge in [0.05, 0.1) is 29.2 Å². The molecular formula is C15H18N4O2. The van der Waals surface area contributed by atoms with Crippen molar-refractivity contribution in [1.29, 1.82) is 5.26 Å². The smallest absolute Gasteiger partial charge is 0.139 e. The van der Waals surface area contributed by atoms with Crippen LogP contribution in [0.25, 0.3) is 5.52 Å². The third kappa shape index (κ3) is 2.65. The van der Waals surface area contributed by atoms with E-state index in [-0.39, 0.29) is 13.0 Å². The average Bonchev–Trinajstić information content (AvgIpc) is 2.83. The molecule has 6 nitrogen and oxygen atoms in total. The summed E-state index contributed by atoms with van der Waals surface area (Å²) in [6.07, 6.45) is 3.12. The summed E-state index contributed by atoms with van der Waals surface area (Å²) in [5, 5.41) is 23.2. The summed E-state index contributed by atoms with van der Waals surface area (Å²) in [7, 11) is 0. The van der Waals surface area contributed by atoms with Crippen LogP contribution in [0.5, 0.6) is 5.75 Å². The van der Waals surface area contributed by atoms with Crippen molar-refractivity contribution in [1.82, 2.24) is 9.61 Å². The molecule has 1 aliphatic heterocycles. The lowest BCUT2D eigenvalue weighted by Crippen LogP contribution is -2.37. The second-order valence-corrected chi connectivity index (χ2v) is 5.82. The van der Waals surface area contributed by atoms with Gasteiger partial charge in [-0.25, -0.2) is 4.52 Å². The monoisotopic (exact) mass is 287 g/mol.